The van der Waals surface area contributed by atoms with Gasteiger partial charge in [0.1, 0.15) is 6.33 Å². The van der Waals surface area contributed by atoms with Gasteiger partial charge < -0.3 is 4.90 Å². The SMILES string of the molecule is CN1C(=CC(=O)Cn2cnc3c(nnn3-c3ccccc3)c2=O)C(C)(C)c2ccccc21. The van der Waals surface area contributed by atoms with Crippen molar-refractivity contribution in [1.29, 1.82) is 0 Å². The number of likely N-dealkylation sites (N-methyl/N-ethyl adjacent to an activating group) is 1. The maximum absolute atomic E-state index is 12.9. The monoisotopic (exact) mass is 426 g/mol. The largest absolute Gasteiger partial charge is 0.347 e. The highest BCUT2D eigenvalue weighted by atomic mass is 16.1. The number of anilines is 1. The summed E-state index contributed by atoms with van der Waals surface area (Å²) in [6, 6.07) is 17.5. The van der Waals surface area contributed by atoms with Gasteiger partial charge in [0.15, 0.2) is 16.9 Å². The second kappa shape index (κ2) is 7.26. The predicted octanol–water partition coefficient (Wildman–Crippen LogP) is 2.86. The lowest BCUT2D eigenvalue weighted by Gasteiger charge is -2.24. The number of hydrogen-bond acceptors (Lipinski definition) is 6. The molecule has 0 fully saturated rings. The zero-order chi connectivity index (χ0) is 22.5. The molecule has 0 radical (unpaired) electrons. The molecule has 1 aliphatic heterocycles. The van der Waals surface area contributed by atoms with Gasteiger partial charge >= 0.3 is 0 Å². The van der Waals surface area contributed by atoms with E-state index in [2.05, 4.69) is 35.2 Å². The van der Waals surface area contributed by atoms with Crippen LogP contribution in [0.3, 0.4) is 0 Å². The number of fused-ring (bicyclic) bond motifs is 2. The Balaban J connectivity index is 1.46. The van der Waals surface area contributed by atoms with Crippen LogP contribution in [0.1, 0.15) is 19.4 Å². The Morgan fingerprint density at radius 3 is 2.53 bits per heavy atom. The fraction of sp³-hybridized carbons (Fsp3) is 0.208. The van der Waals surface area contributed by atoms with Crippen LogP contribution < -0.4 is 10.5 Å². The number of benzene rings is 2. The third-order valence-electron chi connectivity index (χ3n) is 5.99. The number of hydrogen-bond donors (Lipinski definition) is 0. The molecule has 0 spiro atoms. The molecule has 0 atom stereocenters. The van der Waals surface area contributed by atoms with Crippen molar-refractivity contribution in [3.05, 3.63) is 88.6 Å². The topological polar surface area (TPSA) is 85.9 Å². The van der Waals surface area contributed by atoms with Crippen LogP contribution in [0.5, 0.6) is 0 Å². The molecular weight excluding hydrogens is 404 g/mol. The third-order valence-corrected chi connectivity index (χ3v) is 5.99. The van der Waals surface area contributed by atoms with Crippen LogP contribution in [0, 0.1) is 0 Å². The number of ketones is 1. The van der Waals surface area contributed by atoms with Gasteiger partial charge in [0, 0.05) is 29.9 Å². The van der Waals surface area contributed by atoms with Crippen molar-refractivity contribution < 1.29 is 4.79 Å². The first-order chi connectivity index (χ1) is 15.4. The molecule has 0 unspecified atom stereocenters. The van der Waals surface area contributed by atoms with E-state index in [1.807, 2.05) is 60.5 Å². The first-order valence-electron chi connectivity index (χ1n) is 10.3. The van der Waals surface area contributed by atoms with Crippen molar-refractivity contribution in [3.63, 3.8) is 0 Å². The molecule has 0 saturated carbocycles. The molecule has 3 heterocycles. The summed E-state index contributed by atoms with van der Waals surface area (Å²) in [7, 11) is 1.95. The third kappa shape index (κ3) is 3.03. The second-order valence-electron chi connectivity index (χ2n) is 8.38. The molecule has 2 aromatic carbocycles. The number of carbonyl (C=O) groups is 1. The van der Waals surface area contributed by atoms with Gasteiger partial charge in [-0.15, -0.1) is 5.10 Å². The van der Waals surface area contributed by atoms with Gasteiger partial charge in [0.2, 0.25) is 0 Å². The normalized spacial score (nSPS) is 16.0. The van der Waals surface area contributed by atoms with Gasteiger partial charge in [-0.3, -0.25) is 14.2 Å². The fourth-order valence-corrected chi connectivity index (χ4v) is 4.32. The summed E-state index contributed by atoms with van der Waals surface area (Å²) in [5, 5.41) is 8.08. The van der Waals surface area contributed by atoms with Crippen LogP contribution in [0.4, 0.5) is 5.69 Å². The average molecular weight is 426 g/mol. The van der Waals surface area contributed by atoms with E-state index in [1.54, 1.807) is 6.08 Å². The zero-order valence-electron chi connectivity index (χ0n) is 18.1. The number of aromatic nitrogens is 5. The van der Waals surface area contributed by atoms with Gasteiger partial charge in [0.25, 0.3) is 5.56 Å². The molecule has 1 aliphatic rings. The minimum absolute atomic E-state index is 0.121. The zero-order valence-corrected chi connectivity index (χ0v) is 18.1. The highest BCUT2D eigenvalue weighted by Crippen LogP contribution is 2.46. The van der Waals surface area contributed by atoms with Crippen LogP contribution in [0.2, 0.25) is 0 Å². The number of para-hydroxylation sites is 2. The summed E-state index contributed by atoms with van der Waals surface area (Å²) < 4.78 is 2.79. The van der Waals surface area contributed by atoms with Crippen molar-refractivity contribution in [2.24, 2.45) is 0 Å². The van der Waals surface area contributed by atoms with Gasteiger partial charge in [-0.1, -0.05) is 55.5 Å². The lowest BCUT2D eigenvalue weighted by atomic mass is 9.83. The Morgan fingerprint density at radius 2 is 1.78 bits per heavy atom. The van der Waals surface area contributed by atoms with E-state index < -0.39 is 5.56 Å². The van der Waals surface area contributed by atoms with E-state index in [0.29, 0.717) is 5.65 Å². The maximum Gasteiger partial charge on any atom is 0.283 e. The van der Waals surface area contributed by atoms with E-state index in [9.17, 15) is 9.59 Å². The van der Waals surface area contributed by atoms with Crippen molar-refractivity contribution >= 4 is 22.6 Å². The molecule has 8 nitrogen and oxygen atoms in total. The highest BCUT2D eigenvalue weighted by Gasteiger charge is 2.38. The molecule has 0 aliphatic carbocycles. The molecule has 0 N–H and O–H groups in total. The Kier molecular flexibility index (Phi) is 4.51. The van der Waals surface area contributed by atoms with Crippen molar-refractivity contribution in [2.45, 2.75) is 25.8 Å². The quantitative estimate of drug-likeness (QED) is 0.467. The molecular formula is C24H22N6O2. The van der Waals surface area contributed by atoms with E-state index >= 15 is 0 Å². The Morgan fingerprint density at radius 1 is 1.06 bits per heavy atom. The maximum atomic E-state index is 12.9. The number of allylic oxidation sites excluding steroid dienone is 2. The van der Waals surface area contributed by atoms with Crippen LogP contribution in [0.25, 0.3) is 16.9 Å². The van der Waals surface area contributed by atoms with Crippen LogP contribution in [-0.2, 0) is 16.8 Å². The summed E-state index contributed by atoms with van der Waals surface area (Å²) in [6.45, 7) is 4.07. The smallest absolute Gasteiger partial charge is 0.283 e. The van der Waals surface area contributed by atoms with Gasteiger partial charge in [-0.2, -0.15) is 4.68 Å². The number of carbonyl (C=O) groups excluding carboxylic acids is 1. The van der Waals surface area contributed by atoms with Gasteiger partial charge in [-0.05, 0) is 23.8 Å². The Labute approximate surface area is 184 Å². The number of nitrogens with zero attached hydrogens (tertiary/aromatic N) is 6. The van der Waals surface area contributed by atoms with E-state index in [1.165, 1.54) is 21.1 Å². The average Bonchev–Trinajstić information content (AvgIpc) is 3.31. The second-order valence-corrected chi connectivity index (χ2v) is 8.38. The van der Waals surface area contributed by atoms with E-state index in [4.69, 9.17) is 0 Å². The minimum atomic E-state index is -0.397. The highest BCUT2D eigenvalue weighted by molar-refractivity contribution is 5.92. The molecule has 0 bridgehead atoms. The molecule has 0 saturated heterocycles. The summed E-state index contributed by atoms with van der Waals surface area (Å²) in [6.07, 6.45) is 3.00. The molecule has 160 valence electrons. The summed E-state index contributed by atoms with van der Waals surface area (Å²) in [5.41, 5.74) is 3.66. The van der Waals surface area contributed by atoms with Crippen molar-refractivity contribution in [2.75, 3.05) is 11.9 Å². The standard InChI is InChI=1S/C24H22N6O2/c1-24(2)18-11-7-8-12-19(18)28(3)20(24)13-17(31)14-29-15-25-22-21(23(29)32)26-27-30(22)16-9-5-4-6-10-16/h4-13,15H,14H2,1-3H3. The number of rotatable bonds is 4. The van der Waals surface area contributed by atoms with Crippen LogP contribution in [0.15, 0.2) is 77.5 Å². The van der Waals surface area contributed by atoms with Gasteiger partial charge in [-0.25, -0.2) is 4.98 Å². The predicted molar refractivity (Wildman–Crippen MR) is 122 cm³/mol. The molecule has 32 heavy (non-hydrogen) atoms. The van der Waals surface area contributed by atoms with Crippen LogP contribution in [-0.4, -0.2) is 37.4 Å². The van der Waals surface area contributed by atoms with Crippen molar-refractivity contribution in [1.82, 2.24) is 24.5 Å². The summed E-state index contributed by atoms with van der Waals surface area (Å²) in [5.74, 6) is -0.188. The van der Waals surface area contributed by atoms with E-state index in [0.717, 1.165) is 17.1 Å². The first-order valence-corrected chi connectivity index (χ1v) is 10.3. The molecule has 5 rings (SSSR count). The fourth-order valence-electron chi connectivity index (χ4n) is 4.32. The molecule has 8 heteroatoms. The van der Waals surface area contributed by atoms with Gasteiger partial charge in [0.05, 0.1) is 12.2 Å². The Bertz CT molecular complexity index is 1430. The lowest BCUT2D eigenvalue weighted by Crippen LogP contribution is -2.27. The summed E-state index contributed by atoms with van der Waals surface area (Å²) in [4.78, 5) is 32.3. The summed E-state index contributed by atoms with van der Waals surface area (Å²) >= 11 is 0. The lowest BCUT2D eigenvalue weighted by molar-refractivity contribution is -0.115. The van der Waals surface area contributed by atoms with Crippen molar-refractivity contribution in [3.8, 4) is 5.69 Å². The molecule has 2 aromatic heterocycles. The minimum Gasteiger partial charge on any atom is -0.347 e. The first kappa shape index (κ1) is 19.9. The molecule has 0 amide bonds. The Hall–Kier alpha value is -4.07. The van der Waals surface area contributed by atoms with E-state index in [-0.39, 0.29) is 23.3 Å². The molecule has 4 aromatic rings. The van der Waals surface area contributed by atoms with Crippen LogP contribution >= 0.6 is 0 Å².